The molecule has 0 aliphatic rings. The molecule has 1 aromatic rings. The van der Waals surface area contributed by atoms with Crippen molar-refractivity contribution < 1.29 is 23.4 Å². The Morgan fingerprint density at radius 2 is 2.00 bits per heavy atom. The molecule has 17 heavy (non-hydrogen) atoms. The Kier molecular flexibility index (Phi) is 4.44. The number of halogens is 3. The van der Waals surface area contributed by atoms with Gasteiger partial charge in [0.2, 0.25) is 0 Å². The van der Waals surface area contributed by atoms with E-state index in [-0.39, 0.29) is 12.1 Å². The molecule has 3 N–H and O–H groups in total. The summed E-state index contributed by atoms with van der Waals surface area (Å²) in [7, 11) is 1.56. The molecule has 0 aliphatic heterocycles. The van der Waals surface area contributed by atoms with E-state index in [0.717, 1.165) is 12.3 Å². The maximum atomic E-state index is 12.4. The molecule has 0 fully saturated rings. The van der Waals surface area contributed by atoms with Crippen LogP contribution >= 0.6 is 0 Å². The number of rotatable bonds is 4. The van der Waals surface area contributed by atoms with Crippen LogP contribution in [0, 0.1) is 0 Å². The standard InChI is InChI=1S/C10H13F3N2O2/c1-14-5-8(16)9(17)6-2-7(4-15-3-6)10(11,12)13/h2-4,8-9,14,16-17H,5H2,1H3. The number of nitrogens with zero attached hydrogens (tertiary/aromatic N) is 1. The van der Waals surface area contributed by atoms with Gasteiger partial charge in [0.15, 0.2) is 0 Å². The Morgan fingerprint density at radius 1 is 1.35 bits per heavy atom. The number of aliphatic hydroxyl groups excluding tert-OH is 2. The number of pyridine rings is 1. The summed E-state index contributed by atoms with van der Waals surface area (Å²) >= 11 is 0. The molecule has 1 heterocycles. The Bertz CT molecular complexity index is 371. The van der Waals surface area contributed by atoms with E-state index in [1.54, 1.807) is 7.05 Å². The van der Waals surface area contributed by atoms with E-state index in [2.05, 4.69) is 10.3 Å². The first kappa shape index (κ1) is 13.9. The summed E-state index contributed by atoms with van der Waals surface area (Å²) in [6.07, 6.45) is -5.35. The van der Waals surface area contributed by atoms with E-state index in [4.69, 9.17) is 0 Å². The van der Waals surface area contributed by atoms with Crippen LogP contribution in [0.3, 0.4) is 0 Å². The van der Waals surface area contributed by atoms with Crippen LogP contribution in [0.15, 0.2) is 18.5 Å². The lowest BCUT2D eigenvalue weighted by Gasteiger charge is -2.18. The van der Waals surface area contributed by atoms with Crippen molar-refractivity contribution in [2.24, 2.45) is 0 Å². The van der Waals surface area contributed by atoms with E-state index in [1.165, 1.54) is 0 Å². The molecule has 0 saturated carbocycles. The lowest BCUT2D eigenvalue weighted by molar-refractivity contribution is -0.138. The summed E-state index contributed by atoms with van der Waals surface area (Å²) < 4.78 is 37.2. The topological polar surface area (TPSA) is 65.4 Å². The minimum Gasteiger partial charge on any atom is -0.389 e. The molecule has 0 aliphatic carbocycles. The van der Waals surface area contributed by atoms with E-state index < -0.39 is 23.9 Å². The summed E-state index contributed by atoms with van der Waals surface area (Å²) in [6.45, 7) is 0.0669. The van der Waals surface area contributed by atoms with Crippen LogP contribution in [0.2, 0.25) is 0 Å². The number of aromatic nitrogens is 1. The zero-order valence-electron chi connectivity index (χ0n) is 9.07. The molecule has 4 nitrogen and oxygen atoms in total. The highest BCUT2D eigenvalue weighted by molar-refractivity contribution is 5.23. The van der Waals surface area contributed by atoms with Gasteiger partial charge >= 0.3 is 6.18 Å². The van der Waals surface area contributed by atoms with E-state index in [9.17, 15) is 23.4 Å². The zero-order valence-corrected chi connectivity index (χ0v) is 9.07. The van der Waals surface area contributed by atoms with Gasteiger partial charge in [-0.1, -0.05) is 0 Å². The third-order valence-electron chi connectivity index (χ3n) is 2.21. The van der Waals surface area contributed by atoms with Gasteiger partial charge in [0.1, 0.15) is 6.10 Å². The summed E-state index contributed by atoms with van der Waals surface area (Å²) in [5.74, 6) is 0. The molecule has 2 atom stereocenters. The van der Waals surface area contributed by atoms with Gasteiger partial charge in [0, 0.05) is 24.5 Å². The first-order valence-corrected chi connectivity index (χ1v) is 4.89. The van der Waals surface area contributed by atoms with Crippen LogP contribution in [-0.2, 0) is 6.18 Å². The van der Waals surface area contributed by atoms with Crippen molar-refractivity contribution in [2.75, 3.05) is 13.6 Å². The molecule has 0 bridgehead atoms. The largest absolute Gasteiger partial charge is 0.417 e. The Morgan fingerprint density at radius 3 is 2.53 bits per heavy atom. The van der Waals surface area contributed by atoms with Crippen molar-refractivity contribution in [3.63, 3.8) is 0 Å². The summed E-state index contributed by atoms with van der Waals surface area (Å²) in [6, 6.07) is 0.774. The quantitative estimate of drug-likeness (QED) is 0.736. The highest BCUT2D eigenvalue weighted by Gasteiger charge is 2.32. The minimum atomic E-state index is -4.52. The fourth-order valence-electron chi connectivity index (χ4n) is 1.32. The molecule has 2 unspecified atom stereocenters. The van der Waals surface area contributed by atoms with Gasteiger partial charge in [-0.2, -0.15) is 13.2 Å². The zero-order chi connectivity index (χ0) is 13.1. The maximum Gasteiger partial charge on any atom is 0.417 e. The van der Waals surface area contributed by atoms with Gasteiger partial charge < -0.3 is 15.5 Å². The van der Waals surface area contributed by atoms with Gasteiger partial charge in [-0.25, -0.2) is 0 Å². The second-order valence-corrected chi connectivity index (χ2v) is 3.57. The predicted octanol–water partition coefficient (Wildman–Crippen LogP) is 0.714. The molecule has 96 valence electrons. The summed E-state index contributed by atoms with van der Waals surface area (Å²) in [5, 5.41) is 21.7. The fourth-order valence-corrected chi connectivity index (χ4v) is 1.32. The summed E-state index contributed by atoms with van der Waals surface area (Å²) in [5.41, 5.74) is -1.02. The molecule has 0 amide bonds. The molecule has 0 radical (unpaired) electrons. The SMILES string of the molecule is CNCC(O)C(O)c1cncc(C(F)(F)F)c1. The molecular formula is C10H13F3N2O2. The van der Waals surface area contributed by atoms with E-state index in [0.29, 0.717) is 6.20 Å². The van der Waals surface area contributed by atoms with Gasteiger partial charge in [-0.05, 0) is 13.1 Å². The number of aliphatic hydroxyl groups is 2. The lowest BCUT2D eigenvalue weighted by Crippen LogP contribution is -2.29. The number of alkyl halides is 3. The van der Waals surface area contributed by atoms with Crippen molar-refractivity contribution in [2.45, 2.75) is 18.4 Å². The fraction of sp³-hybridized carbons (Fsp3) is 0.500. The Balaban J connectivity index is 2.92. The van der Waals surface area contributed by atoms with Crippen LogP contribution in [0.25, 0.3) is 0 Å². The number of nitrogens with one attached hydrogen (secondary N) is 1. The number of hydrogen-bond acceptors (Lipinski definition) is 4. The highest BCUT2D eigenvalue weighted by atomic mass is 19.4. The number of likely N-dealkylation sites (N-methyl/N-ethyl adjacent to an activating group) is 1. The maximum absolute atomic E-state index is 12.4. The van der Waals surface area contributed by atoms with Crippen molar-refractivity contribution in [1.82, 2.24) is 10.3 Å². The second kappa shape index (κ2) is 5.44. The van der Waals surface area contributed by atoms with Gasteiger partial charge in [0.05, 0.1) is 11.7 Å². The smallest absolute Gasteiger partial charge is 0.389 e. The second-order valence-electron chi connectivity index (χ2n) is 3.57. The molecule has 1 aromatic heterocycles. The predicted molar refractivity (Wildman–Crippen MR) is 54.1 cm³/mol. The molecule has 7 heteroatoms. The molecule has 1 rings (SSSR count). The van der Waals surface area contributed by atoms with Gasteiger partial charge in [-0.15, -0.1) is 0 Å². The molecule has 0 saturated heterocycles. The van der Waals surface area contributed by atoms with Crippen molar-refractivity contribution in [1.29, 1.82) is 0 Å². The number of hydrogen-bond donors (Lipinski definition) is 3. The third-order valence-corrected chi connectivity index (χ3v) is 2.21. The average Bonchev–Trinajstić information content (AvgIpc) is 2.27. The molecule has 0 aromatic carbocycles. The first-order chi connectivity index (χ1) is 7.86. The average molecular weight is 250 g/mol. The Hall–Kier alpha value is -1.18. The normalized spacial score (nSPS) is 15.6. The summed E-state index contributed by atoms with van der Waals surface area (Å²) in [4.78, 5) is 3.40. The van der Waals surface area contributed by atoms with E-state index in [1.807, 2.05) is 0 Å². The lowest BCUT2D eigenvalue weighted by atomic mass is 10.0. The highest BCUT2D eigenvalue weighted by Crippen LogP contribution is 2.30. The van der Waals surface area contributed by atoms with E-state index >= 15 is 0 Å². The molecule has 0 spiro atoms. The molecular weight excluding hydrogens is 237 g/mol. The third kappa shape index (κ3) is 3.65. The monoisotopic (exact) mass is 250 g/mol. The minimum absolute atomic E-state index is 0.0669. The van der Waals surface area contributed by atoms with Crippen LogP contribution in [0.1, 0.15) is 17.2 Å². The van der Waals surface area contributed by atoms with Crippen molar-refractivity contribution >= 4 is 0 Å². The van der Waals surface area contributed by atoms with Crippen molar-refractivity contribution in [3.8, 4) is 0 Å². The van der Waals surface area contributed by atoms with Crippen LogP contribution in [0.5, 0.6) is 0 Å². The van der Waals surface area contributed by atoms with Gasteiger partial charge in [0.25, 0.3) is 0 Å². The Labute approximate surface area is 96.1 Å². The van der Waals surface area contributed by atoms with Crippen LogP contribution < -0.4 is 5.32 Å². The van der Waals surface area contributed by atoms with Gasteiger partial charge in [-0.3, -0.25) is 4.98 Å². The van der Waals surface area contributed by atoms with Crippen LogP contribution in [0.4, 0.5) is 13.2 Å². The van der Waals surface area contributed by atoms with Crippen molar-refractivity contribution in [3.05, 3.63) is 29.6 Å². The van der Waals surface area contributed by atoms with Crippen LogP contribution in [-0.4, -0.2) is 34.9 Å². The first-order valence-electron chi connectivity index (χ1n) is 4.89.